The molecule has 4 nitrogen and oxygen atoms in total. The lowest BCUT2D eigenvalue weighted by molar-refractivity contribution is -0.113. The number of rotatable bonds is 4. The Morgan fingerprint density at radius 2 is 1.69 bits per heavy atom. The second-order valence-corrected chi connectivity index (χ2v) is 7.63. The van der Waals surface area contributed by atoms with Gasteiger partial charge in [0, 0.05) is 6.07 Å². The van der Waals surface area contributed by atoms with Crippen molar-refractivity contribution < 1.29 is 14.3 Å². The highest BCUT2D eigenvalue weighted by Gasteiger charge is 2.34. The molecule has 2 aromatic rings. The van der Waals surface area contributed by atoms with Crippen molar-refractivity contribution in [3.8, 4) is 11.5 Å². The summed E-state index contributed by atoms with van der Waals surface area (Å²) in [7, 11) is 3.19. The summed E-state index contributed by atoms with van der Waals surface area (Å²) < 4.78 is 11.1. The van der Waals surface area contributed by atoms with Gasteiger partial charge in [0.2, 0.25) is 0 Å². The molecule has 3 rings (SSSR count). The standard InChI is InChI=1S/C20H19NO3S2/c1-12-5-6-17(13(2)7-12)21-19(22)18(26-20(21)25)10-14-8-15(23-3)11-16(9-14)24-4/h5-11H,1-4H3/b18-10-. The molecule has 1 aliphatic heterocycles. The van der Waals surface area contributed by atoms with E-state index in [4.69, 9.17) is 21.7 Å². The fourth-order valence-corrected chi connectivity index (χ4v) is 4.08. The van der Waals surface area contributed by atoms with E-state index in [9.17, 15) is 4.79 Å². The van der Waals surface area contributed by atoms with Crippen molar-refractivity contribution in [3.05, 3.63) is 58.0 Å². The van der Waals surface area contributed by atoms with Crippen LogP contribution in [0.4, 0.5) is 5.69 Å². The molecule has 0 bridgehead atoms. The molecule has 1 heterocycles. The van der Waals surface area contributed by atoms with Gasteiger partial charge in [-0.15, -0.1) is 0 Å². The van der Waals surface area contributed by atoms with Gasteiger partial charge in [-0.25, -0.2) is 0 Å². The minimum Gasteiger partial charge on any atom is -0.497 e. The normalized spacial score (nSPS) is 15.7. The monoisotopic (exact) mass is 385 g/mol. The number of amides is 1. The molecule has 0 unspecified atom stereocenters. The van der Waals surface area contributed by atoms with E-state index in [2.05, 4.69) is 0 Å². The zero-order chi connectivity index (χ0) is 18.8. The summed E-state index contributed by atoms with van der Waals surface area (Å²) >= 11 is 6.76. The molecule has 0 N–H and O–H groups in total. The number of anilines is 1. The maximum absolute atomic E-state index is 13.0. The molecule has 1 amide bonds. The Morgan fingerprint density at radius 1 is 1.04 bits per heavy atom. The van der Waals surface area contributed by atoms with Gasteiger partial charge in [-0.3, -0.25) is 9.69 Å². The first-order valence-corrected chi connectivity index (χ1v) is 9.23. The lowest BCUT2D eigenvalue weighted by Gasteiger charge is -2.17. The summed E-state index contributed by atoms with van der Waals surface area (Å²) in [6.45, 7) is 4.01. The topological polar surface area (TPSA) is 38.8 Å². The Morgan fingerprint density at radius 3 is 2.27 bits per heavy atom. The van der Waals surface area contributed by atoms with Crippen LogP contribution in [0.15, 0.2) is 41.3 Å². The van der Waals surface area contributed by atoms with Crippen molar-refractivity contribution >= 4 is 46.0 Å². The number of hydrogen-bond acceptors (Lipinski definition) is 5. The van der Waals surface area contributed by atoms with Crippen molar-refractivity contribution in [2.45, 2.75) is 13.8 Å². The lowest BCUT2D eigenvalue weighted by Crippen LogP contribution is -2.28. The molecule has 26 heavy (non-hydrogen) atoms. The summed E-state index contributed by atoms with van der Waals surface area (Å²) in [6, 6.07) is 11.5. The molecule has 0 spiro atoms. The number of carbonyl (C=O) groups is 1. The van der Waals surface area contributed by atoms with Crippen LogP contribution in [0.3, 0.4) is 0 Å². The number of hydrogen-bond donors (Lipinski definition) is 0. The Labute approximate surface area is 162 Å². The first-order chi connectivity index (χ1) is 12.4. The Balaban J connectivity index is 1.97. The molecule has 0 atom stereocenters. The molecule has 1 fully saturated rings. The number of thiocarbonyl (C=S) groups is 1. The predicted octanol–water partition coefficient (Wildman–Crippen LogP) is 4.73. The van der Waals surface area contributed by atoms with E-state index in [0.29, 0.717) is 20.7 Å². The average Bonchev–Trinajstić information content (AvgIpc) is 2.88. The van der Waals surface area contributed by atoms with Crippen molar-refractivity contribution in [1.82, 2.24) is 0 Å². The van der Waals surface area contributed by atoms with Crippen molar-refractivity contribution in [1.29, 1.82) is 0 Å². The molecular formula is C20H19NO3S2. The van der Waals surface area contributed by atoms with E-state index in [1.54, 1.807) is 25.2 Å². The molecule has 0 aliphatic carbocycles. The zero-order valence-corrected chi connectivity index (χ0v) is 16.7. The summed E-state index contributed by atoms with van der Waals surface area (Å²) in [5.41, 5.74) is 3.81. The fraction of sp³-hybridized carbons (Fsp3) is 0.200. The van der Waals surface area contributed by atoms with Crippen LogP contribution in [-0.4, -0.2) is 24.4 Å². The highest BCUT2D eigenvalue weighted by molar-refractivity contribution is 8.27. The smallest absolute Gasteiger partial charge is 0.270 e. The third-order valence-electron chi connectivity index (χ3n) is 4.06. The number of nitrogens with zero attached hydrogens (tertiary/aromatic N) is 1. The van der Waals surface area contributed by atoms with Crippen molar-refractivity contribution in [2.75, 3.05) is 19.1 Å². The SMILES string of the molecule is COc1cc(/C=C2\SC(=S)N(c3ccc(C)cc3C)C2=O)cc(OC)c1. The molecule has 0 aromatic heterocycles. The second-order valence-electron chi connectivity index (χ2n) is 5.95. The van der Waals surface area contributed by atoms with Gasteiger partial charge in [0.25, 0.3) is 5.91 Å². The van der Waals surface area contributed by atoms with Crippen molar-refractivity contribution in [3.63, 3.8) is 0 Å². The number of aryl methyl sites for hydroxylation is 2. The first kappa shape index (κ1) is 18.5. The Bertz CT molecular complexity index is 899. The summed E-state index contributed by atoms with van der Waals surface area (Å²) in [5.74, 6) is 1.22. The number of methoxy groups -OCH3 is 2. The summed E-state index contributed by atoms with van der Waals surface area (Å²) in [5, 5.41) is 0. The second kappa shape index (κ2) is 7.51. The van der Waals surface area contributed by atoms with Gasteiger partial charge in [0.1, 0.15) is 11.5 Å². The zero-order valence-electron chi connectivity index (χ0n) is 15.0. The van der Waals surface area contributed by atoms with Gasteiger partial charge < -0.3 is 9.47 Å². The first-order valence-electron chi connectivity index (χ1n) is 8.01. The Hall–Kier alpha value is -2.31. The van der Waals surface area contributed by atoms with Gasteiger partial charge in [0.15, 0.2) is 4.32 Å². The molecule has 6 heteroatoms. The van der Waals surface area contributed by atoms with Gasteiger partial charge in [-0.05, 0) is 49.2 Å². The van der Waals surface area contributed by atoms with Crippen LogP contribution in [-0.2, 0) is 4.79 Å². The van der Waals surface area contributed by atoms with Crippen LogP contribution in [0.5, 0.6) is 11.5 Å². The molecule has 0 saturated carbocycles. The van der Waals surface area contributed by atoms with E-state index in [0.717, 1.165) is 22.4 Å². The number of ether oxygens (including phenoxy) is 2. The fourth-order valence-electron chi connectivity index (χ4n) is 2.80. The van der Waals surface area contributed by atoms with E-state index >= 15 is 0 Å². The van der Waals surface area contributed by atoms with Gasteiger partial charge in [0.05, 0.1) is 24.8 Å². The largest absolute Gasteiger partial charge is 0.497 e. The Kier molecular flexibility index (Phi) is 5.34. The number of carbonyl (C=O) groups excluding carboxylic acids is 1. The van der Waals surface area contributed by atoms with Crippen LogP contribution >= 0.6 is 24.0 Å². The van der Waals surface area contributed by atoms with Gasteiger partial charge in [-0.1, -0.05) is 41.7 Å². The predicted molar refractivity (Wildman–Crippen MR) is 111 cm³/mol. The minimum atomic E-state index is -0.117. The molecule has 2 aromatic carbocycles. The third-order valence-corrected chi connectivity index (χ3v) is 5.36. The molecule has 134 valence electrons. The van der Waals surface area contributed by atoms with E-state index in [1.165, 1.54) is 11.8 Å². The number of benzene rings is 2. The van der Waals surface area contributed by atoms with Gasteiger partial charge in [-0.2, -0.15) is 0 Å². The highest BCUT2D eigenvalue weighted by atomic mass is 32.2. The molecule has 1 saturated heterocycles. The minimum absolute atomic E-state index is 0.117. The maximum atomic E-state index is 13.0. The number of thioether (sulfide) groups is 1. The van der Waals surface area contributed by atoms with Gasteiger partial charge >= 0.3 is 0 Å². The summed E-state index contributed by atoms with van der Waals surface area (Å²) in [4.78, 5) is 15.1. The molecule has 1 aliphatic rings. The van der Waals surface area contributed by atoms with Crippen LogP contribution < -0.4 is 14.4 Å². The lowest BCUT2D eigenvalue weighted by atomic mass is 10.1. The third kappa shape index (κ3) is 3.61. The van der Waals surface area contributed by atoms with E-state index in [1.807, 2.05) is 50.3 Å². The molecular weight excluding hydrogens is 366 g/mol. The van der Waals surface area contributed by atoms with Crippen LogP contribution in [0.25, 0.3) is 6.08 Å². The van der Waals surface area contributed by atoms with E-state index < -0.39 is 0 Å². The quantitative estimate of drug-likeness (QED) is 0.562. The average molecular weight is 386 g/mol. The van der Waals surface area contributed by atoms with Crippen LogP contribution in [0.1, 0.15) is 16.7 Å². The van der Waals surface area contributed by atoms with E-state index in [-0.39, 0.29) is 5.91 Å². The maximum Gasteiger partial charge on any atom is 0.270 e. The van der Waals surface area contributed by atoms with Crippen LogP contribution in [0.2, 0.25) is 0 Å². The summed E-state index contributed by atoms with van der Waals surface area (Å²) in [6.07, 6.45) is 1.81. The highest BCUT2D eigenvalue weighted by Crippen LogP contribution is 2.38. The van der Waals surface area contributed by atoms with Crippen LogP contribution in [0, 0.1) is 13.8 Å². The molecule has 0 radical (unpaired) electrons. The van der Waals surface area contributed by atoms with Crippen molar-refractivity contribution in [2.24, 2.45) is 0 Å².